The van der Waals surface area contributed by atoms with E-state index in [1.165, 1.54) is 6.07 Å². The minimum absolute atomic E-state index is 0.00518. The van der Waals surface area contributed by atoms with Crippen molar-refractivity contribution in [3.05, 3.63) is 18.0 Å². The molecule has 0 aliphatic carbocycles. The van der Waals surface area contributed by atoms with Crippen molar-refractivity contribution in [3.63, 3.8) is 0 Å². The van der Waals surface area contributed by atoms with Gasteiger partial charge in [0.2, 0.25) is 5.91 Å². The number of carbonyl (C=O) groups excluding carboxylic acids is 2. The van der Waals surface area contributed by atoms with Crippen LogP contribution in [-0.2, 0) is 9.53 Å². The van der Waals surface area contributed by atoms with Gasteiger partial charge in [0.1, 0.15) is 0 Å². The molecule has 1 spiro atoms. The molecule has 4 heterocycles. The number of hydrogen-bond acceptors (Lipinski definition) is 4. The van der Waals surface area contributed by atoms with Gasteiger partial charge in [-0.2, -0.15) is 13.9 Å². The van der Waals surface area contributed by atoms with Crippen LogP contribution in [-0.4, -0.2) is 62.4 Å². The van der Waals surface area contributed by atoms with Crippen LogP contribution in [0.2, 0.25) is 0 Å². The van der Waals surface area contributed by atoms with Crippen LogP contribution in [0, 0.1) is 5.92 Å². The van der Waals surface area contributed by atoms with E-state index < -0.39 is 24.2 Å². The standard InChI is InChI=1S/C16H20F2N4O3/c1-9(2)11-8-25-16-4-6-20(12(16)7-13(23)22(11)16)14(24)10-3-5-21(19-10)15(17)18/h3,5,9,11-12,15H,4,6-8H2,1-2H3/t11-,12+,16-/m0/s1. The summed E-state index contributed by atoms with van der Waals surface area (Å²) >= 11 is 0. The number of alkyl halides is 2. The van der Waals surface area contributed by atoms with Crippen LogP contribution in [0.1, 0.15) is 43.7 Å². The minimum Gasteiger partial charge on any atom is -0.351 e. The molecule has 4 rings (SSSR count). The molecule has 3 fully saturated rings. The van der Waals surface area contributed by atoms with Gasteiger partial charge in [-0.05, 0) is 12.0 Å². The Labute approximate surface area is 143 Å². The van der Waals surface area contributed by atoms with Gasteiger partial charge < -0.3 is 14.5 Å². The lowest BCUT2D eigenvalue weighted by molar-refractivity contribution is -0.139. The van der Waals surface area contributed by atoms with Gasteiger partial charge >= 0.3 is 6.55 Å². The third-order valence-electron chi connectivity index (χ3n) is 5.55. The molecule has 3 aliphatic rings. The highest BCUT2D eigenvalue weighted by atomic mass is 19.3. The zero-order valence-corrected chi connectivity index (χ0v) is 14.1. The fourth-order valence-corrected chi connectivity index (χ4v) is 4.32. The van der Waals surface area contributed by atoms with E-state index in [1.54, 1.807) is 4.90 Å². The SMILES string of the molecule is CC(C)[C@@H]1CO[C@@]23CCN(C(=O)c4ccn(C(F)F)n4)[C@@H]2CC(=O)N13. The normalized spacial score (nSPS) is 31.4. The number of halogens is 2. The molecule has 7 nitrogen and oxygen atoms in total. The fourth-order valence-electron chi connectivity index (χ4n) is 4.32. The predicted octanol–water partition coefficient (Wildman–Crippen LogP) is 1.48. The van der Waals surface area contributed by atoms with Crippen LogP contribution in [0.3, 0.4) is 0 Å². The number of ether oxygens (including phenoxy) is 1. The lowest BCUT2D eigenvalue weighted by Gasteiger charge is -2.34. The molecule has 3 atom stereocenters. The highest BCUT2D eigenvalue weighted by molar-refractivity contribution is 5.94. The van der Waals surface area contributed by atoms with Crippen LogP contribution in [0.15, 0.2) is 12.3 Å². The van der Waals surface area contributed by atoms with Crippen LogP contribution in [0.25, 0.3) is 0 Å². The number of hydrogen-bond donors (Lipinski definition) is 0. The van der Waals surface area contributed by atoms with Crippen LogP contribution in [0.5, 0.6) is 0 Å². The van der Waals surface area contributed by atoms with Crippen LogP contribution < -0.4 is 0 Å². The molecule has 2 amide bonds. The van der Waals surface area contributed by atoms with Crippen molar-refractivity contribution in [2.45, 2.75) is 51.0 Å². The average molecular weight is 354 g/mol. The molecule has 0 aromatic carbocycles. The molecule has 9 heteroatoms. The van der Waals surface area contributed by atoms with Crippen molar-refractivity contribution in [1.82, 2.24) is 19.6 Å². The van der Waals surface area contributed by atoms with E-state index in [2.05, 4.69) is 5.10 Å². The summed E-state index contributed by atoms with van der Waals surface area (Å²) in [5.41, 5.74) is -0.811. The van der Waals surface area contributed by atoms with Gasteiger partial charge in [0, 0.05) is 19.2 Å². The number of rotatable bonds is 3. The Morgan fingerprint density at radius 3 is 2.84 bits per heavy atom. The minimum atomic E-state index is -2.79. The van der Waals surface area contributed by atoms with E-state index in [4.69, 9.17) is 4.74 Å². The van der Waals surface area contributed by atoms with Gasteiger partial charge in [-0.3, -0.25) is 9.59 Å². The summed E-state index contributed by atoms with van der Waals surface area (Å²) in [6.07, 6.45) is 1.81. The second-order valence-electron chi connectivity index (χ2n) is 7.16. The quantitative estimate of drug-likeness (QED) is 0.825. The van der Waals surface area contributed by atoms with Crippen LogP contribution in [0.4, 0.5) is 8.78 Å². The van der Waals surface area contributed by atoms with E-state index in [9.17, 15) is 18.4 Å². The first-order valence-corrected chi connectivity index (χ1v) is 8.45. The number of likely N-dealkylation sites (tertiary alicyclic amines) is 1. The predicted molar refractivity (Wildman–Crippen MR) is 81.7 cm³/mol. The molecule has 3 aliphatic heterocycles. The van der Waals surface area contributed by atoms with Crippen molar-refractivity contribution in [2.75, 3.05) is 13.2 Å². The Hall–Kier alpha value is -2.03. The van der Waals surface area contributed by atoms with E-state index in [-0.39, 0.29) is 30.0 Å². The van der Waals surface area contributed by atoms with Gasteiger partial charge in [0.15, 0.2) is 11.4 Å². The summed E-state index contributed by atoms with van der Waals surface area (Å²) in [4.78, 5) is 28.7. The zero-order chi connectivity index (χ0) is 17.9. The van der Waals surface area contributed by atoms with Crippen molar-refractivity contribution < 1.29 is 23.1 Å². The Balaban J connectivity index is 1.60. The summed E-state index contributed by atoms with van der Waals surface area (Å²) in [5, 5.41) is 3.65. The highest BCUT2D eigenvalue weighted by Crippen LogP contribution is 2.49. The van der Waals surface area contributed by atoms with Gasteiger partial charge in [0.25, 0.3) is 5.91 Å². The molecule has 1 aromatic rings. The third kappa shape index (κ3) is 2.21. The number of amides is 2. The zero-order valence-electron chi connectivity index (χ0n) is 14.1. The summed E-state index contributed by atoms with van der Waals surface area (Å²) in [7, 11) is 0. The topological polar surface area (TPSA) is 67.7 Å². The monoisotopic (exact) mass is 354 g/mol. The Morgan fingerprint density at radius 2 is 2.20 bits per heavy atom. The lowest BCUT2D eigenvalue weighted by atomic mass is 10.0. The van der Waals surface area contributed by atoms with Crippen LogP contribution >= 0.6 is 0 Å². The van der Waals surface area contributed by atoms with Gasteiger partial charge in [-0.15, -0.1) is 0 Å². The molecule has 0 unspecified atom stereocenters. The number of aromatic nitrogens is 2. The Kier molecular flexibility index (Phi) is 3.61. The molecule has 1 aromatic heterocycles. The molecular weight excluding hydrogens is 334 g/mol. The Morgan fingerprint density at radius 1 is 1.44 bits per heavy atom. The van der Waals surface area contributed by atoms with Crippen molar-refractivity contribution in [2.24, 2.45) is 5.92 Å². The second-order valence-corrected chi connectivity index (χ2v) is 7.16. The first-order chi connectivity index (χ1) is 11.8. The highest BCUT2D eigenvalue weighted by Gasteiger charge is 2.65. The summed E-state index contributed by atoms with van der Waals surface area (Å²) in [5.74, 6) is -0.196. The molecule has 0 N–H and O–H groups in total. The molecular formula is C16H20F2N4O3. The maximum Gasteiger partial charge on any atom is 0.333 e. The number of carbonyl (C=O) groups is 2. The molecule has 0 radical (unpaired) electrons. The largest absolute Gasteiger partial charge is 0.351 e. The summed E-state index contributed by atoms with van der Waals surface area (Å²) in [6.45, 7) is 2.17. The van der Waals surface area contributed by atoms with Crippen molar-refractivity contribution in [1.29, 1.82) is 0 Å². The molecule has 0 bridgehead atoms. The van der Waals surface area contributed by atoms with Crippen molar-refractivity contribution in [3.8, 4) is 0 Å². The Bertz CT molecular complexity index is 722. The molecule has 0 saturated carbocycles. The summed E-state index contributed by atoms with van der Waals surface area (Å²) in [6, 6.07) is 0.888. The van der Waals surface area contributed by atoms with Gasteiger partial charge in [-0.1, -0.05) is 13.8 Å². The second kappa shape index (κ2) is 5.48. The van der Waals surface area contributed by atoms with E-state index in [0.29, 0.717) is 24.3 Å². The average Bonchev–Trinajstić information content (AvgIpc) is 3.28. The lowest BCUT2D eigenvalue weighted by Crippen LogP contribution is -2.51. The van der Waals surface area contributed by atoms with E-state index in [0.717, 1.165) is 6.20 Å². The maximum absolute atomic E-state index is 12.8. The number of nitrogens with zero attached hydrogens (tertiary/aromatic N) is 4. The van der Waals surface area contributed by atoms with E-state index >= 15 is 0 Å². The maximum atomic E-state index is 12.8. The smallest absolute Gasteiger partial charge is 0.333 e. The van der Waals surface area contributed by atoms with Gasteiger partial charge in [0.05, 0.1) is 25.1 Å². The van der Waals surface area contributed by atoms with E-state index in [1.807, 2.05) is 18.7 Å². The van der Waals surface area contributed by atoms with Gasteiger partial charge in [-0.25, -0.2) is 4.68 Å². The fraction of sp³-hybridized carbons (Fsp3) is 0.688. The first kappa shape index (κ1) is 16.4. The molecule has 3 saturated heterocycles. The first-order valence-electron chi connectivity index (χ1n) is 8.45. The molecule has 25 heavy (non-hydrogen) atoms. The third-order valence-corrected chi connectivity index (χ3v) is 5.55. The van der Waals surface area contributed by atoms with Crippen molar-refractivity contribution >= 4 is 11.8 Å². The molecule has 136 valence electrons. The summed E-state index contributed by atoms with van der Waals surface area (Å²) < 4.78 is 31.9.